The molecule has 0 spiro atoms. The lowest BCUT2D eigenvalue weighted by molar-refractivity contribution is 0.393. The fourth-order valence-electron chi connectivity index (χ4n) is 2.43. The average molecular weight is 344 g/mol. The smallest absolute Gasteiger partial charge is 0.151 e. The molecule has 0 saturated carbocycles. The summed E-state index contributed by atoms with van der Waals surface area (Å²) >= 11 is 3.38. The molecule has 1 aliphatic rings. The Labute approximate surface area is 121 Å². The molecule has 102 valence electrons. The van der Waals surface area contributed by atoms with Gasteiger partial charge in [0.1, 0.15) is 5.75 Å². The summed E-state index contributed by atoms with van der Waals surface area (Å²) in [5, 5.41) is 9.38. The van der Waals surface area contributed by atoms with Gasteiger partial charge in [-0.15, -0.1) is 0 Å². The van der Waals surface area contributed by atoms with Crippen LogP contribution in [0.4, 0.5) is 0 Å². The third kappa shape index (κ3) is 3.10. The molecule has 0 bridgehead atoms. The van der Waals surface area contributed by atoms with Crippen LogP contribution in [0.3, 0.4) is 0 Å². The zero-order valence-electron chi connectivity index (χ0n) is 10.5. The molecule has 1 aliphatic heterocycles. The molecular formula is C13H14BrNO3S. The van der Waals surface area contributed by atoms with Crippen molar-refractivity contribution >= 4 is 25.8 Å². The van der Waals surface area contributed by atoms with Crippen molar-refractivity contribution in [2.45, 2.75) is 12.8 Å². The number of nitrogens with zero attached hydrogens (tertiary/aromatic N) is 1. The molecule has 1 unspecified atom stereocenters. The van der Waals surface area contributed by atoms with E-state index >= 15 is 0 Å². The number of methoxy groups -OCH3 is 1. The molecule has 1 aromatic rings. The van der Waals surface area contributed by atoms with Crippen molar-refractivity contribution in [1.29, 1.82) is 5.26 Å². The van der Waals surface area contributed by atoms with Crippen LogP contribution in [0.25, 0.3) is 0 Å². The quantitative estimate of drug-likeness (QED) is 0.844. The van der Waals surface area contributed by atoms with Crippen LogP contribution in [0, 0.1) is 16.7 Å². The largest absolute Gasteiger partial charge is 0.496 e. The molecular weight excluding hydrogens is 330 g/mol. The van der Waals surface area contributed by atoms with Gasteiger partial charge in [-0.25, -0.2) is 8.42 Å². The number of rotatable bonds is 3. The maximum absolute atomic E-state index is 11.6. The van der Waals surface area contributed by atoms with Crippen molar-refractivity contribution in [2.75, 3.05) is 18.6 Å². The molecule has 0 aromatic heterocycles. The molecule has 0 aliphatic carbocycles. The van der Waals surface area contributed by atoms with E-state index in [1.807, 2.05) is 18.2 Å². The Hall–Kier alpha value is -1.06. The Morgan fingerprint density at radius 2 is 2.26 bits per heavy atom. The summed E-state index contributed by atoms with van der Waals surface area (Å²) in [4.78, 5) is 0. The van der Waals surface area contributed by atoms with E-state index in [1.54, 1.807) is 7.11 Å². The molecule has 19 heavy (non-hydrogen) atoms. The molecule has 6 heteroatoms. The zero-order chi connectivity index (χ0) is 14.1. The summed E-state index contributed by atoms with van der Waals surface area (Å²) in [5.74, 6) is 0.713. The number of hydrogen-bond donors (Lipinski definition) is 0. The molecule has 1 aromatic carbocycles. The lowest BCUT2D eigenvalue weighted by Gasteiger charge is -2.20. The summed E-state index contributed by atoms with van der Waals surface area (Å²) in [7, 11) is -1.52. The fourth-order valence-corrected chi connectivity index (χ4v) is 4.84. The van der Waals surface area contributed by atoms with E-state index in [4.69, 9.17) is 4.74 Å². The van der Waals surface area contributed by atoms with Crippen molar-refractivity contribution in [3.05, 3.63) is 28.2 Å². The molecule has 4 nitrogen and oxygen atoms in total. The Morgan fingerprint density at radius 3 is 2.79 bits per heavy atom. The van der Waals surface area contributed by atoms with Gasteiger partial charge < -0.3 is 4.74 Å². The minimum atomic E-state index is -3.09. The molecule has 1 saturated heterocycles. The van der Waals surface area contributed by atoms with Gasteiger partial charge in [0.25, 0.3) is 0 Å². The summed E-state index contributed by atoms with van der Waals surface area (Å²) in [5.41, 5.74) is 0.0305. The highest BCUT2D eigenvalue weighted by molar-refractivity contribution is 9.10. The van der Waals surface area contributed by atoms with Crippen LogP contribution in [0.15, 0.2) is 22.7 Å². The Balaban J connectivity index is 2.35. The van der Waals surface area contributed by atoms with E-state index in [9.17, 15) is 13.7 Å². The zero-order valence-corrected chi connectivity index (χ0v) is 12.9. The first-order chi connectivity index (χ1) is 8.90. The number of halogens is 1. The highest BCUT2D eigenvalue weighted by atomic mass is 79.9. The maximum Gasteiger partial charge on any atom is 0.151 e. The van der Waals surface area contributed by atoms with E-state index in [-0.39, 0.29) is 11.5 Å². The third-order valence-electron chi connectivity index (χ3n) is 3.40. The number of nitriles is 1. The van der Waals surface area contributed by atoms with Gasteiger partial charge in [-0.3, -0.25) is 0 Å². The standard InChI is InChI=1S/C13H14BrNO3S/c1-18-12-3-2-11(14)6-10(12)7-13(8-15)4-5-19(16,17)9-13/h2-3,6H,4-5,7,9H2,1H3. The van der Waals surface area contributed by atoms with Crippen molar-refractivity contribution in [3.8, 4) is 11.8 Å². The number of sulfone groups is 1. The first-order valence-electron chi connectivity index (χ1n) is 5.84. The third-order valence-corrected chi connectivity index (χ3v) is 5.71. The SMILES string of the molecule is COc1ccc(Br)cc1CC1(C#N)CCS(=O)(=O)C1. The molecule has 1 atom stereocenters. The van der Waals surface area contributed by atoms with Crippen LogP contribution in [0.1, 0.15) is 12.0 Å². The van der Waals surface area contributed by atoms with Crippen molar-refractivity contribution < 1.29 is 13.2 Å². The summed E-state index contributed by atoms with van der Waals surface area (Å²) in [6.45, 7) is 0. The number of ether oxygens (including phenoxy) is 1. The Kier molecular flexibility index (Phi) is 3.88. The van der Waals surface area contributed by atoms with Crippen LogP contribution in [0.2, 0.25) is 0 Å². The molecule has 1 heterocycles. The highest BCUT2D eigenvalue weighted by Crippen LogP contribution is 2.38. The van der Waals surface area contributed by atoms with Gasteiger partial charge in [-0.1, -0.05) is 15.9 Å². The van der Waals surface area contributed by atoms with Gasteiger partial charge in [0, 0.05) is 4.47 Å². The second-order valence-electron chi connectivity index (χ2n) is 4.87. The maximum atomic E-state index is 11.6. The van der Waals surface area contributed by atoms with Gasteiger partial charge in [-0.05, 0) is 36.6 Å². The Morgan fingerprint density at radius 1 is 1.53 bits per heavy atom. The minimum absolute atomic E-state index is 0.0633. The lowest BCUT2D eigenvalue weighted by Crippen LogP contribution is -2.23. The summed E-state index contributed by atoms with van der Waals surface area (Å²) < 4.78 is 29.4. The number of benzene rings is 1. The summed E-state index contributed by atoms with van der Waals surface area (Å²) in [6.07, 6.45) is 0.785. The van der Waals surface area contributed by atoms with Gasteiger partial charge in [0.2, 0.25) is 0 Å². The molecule has 0 amide bonds. The van der Waals surface area contributed by atoms with Gasteiger partial charge in [0.05, 0.1) is 30.1 Å². The average Bonchev–Trinajstić information content (AvgIpc) is 2.66. The van der Waals surface area contributed by atoms with Crippen LogP contribution in [0.5, 0.6) is 5.75 Å². The van der Waals surface area contributed by atoms with E-state index in [1.165, 1.54) is 0 Å². The highest BCUT2D eigenvalue weighted by Gasteiger charge is 2.43. The predicted octanol–water partition coefficient (Wildman–Crippen LogP) is 2.33. The van der Waals surface area contributed by atoms with E-state index in [0.717, 1.165) is 10.0 Å². The monoisotopic (exact) mass is 343 g/mol. The van der Waals surface area contributed by atoms with Crippen molar-refractivity contribution in [1.82, 2.24) is 0 Å². The van der Waals surface area contributed by atoms with Gasteiger partial charge in [0.15, 0.2) is 9.84 Å². The van der Waals surface area contributed by atoms with Gasteiger partial charge in [-0.2, -0.15) is 5.26 Å². The minimum Gasteiger partial charge on any atom is -0.496 e. The van der Waals surface area contributed by atoms with Crippen LogP contribution in [-0.2, 0) is 16.3 Å². The second-order valence-corrected chi connectivity index (χ2v) is 7.97. The number of hydrogen-bond acceptors (Lipinski definition) is 4. The van der Waals surface area contributed by atoms with Crippen LogP contribution >= 0.6 is 15.9 Å². The first kappa shape index (κ1) is 14.4. The van der Waals surface area contributed by atoms with Crippen molar-refractivity contribution in [2.24, 2.45) is 5.41 Å². The topological polar surface area (TPSA) is 67.2 Å². The van der Waals surface area contributed by atoms with Gasteiger partial charge >= 0.3 is 0 Å². The molecule has 1 fully saturated rings. The molecule has 0 radical (unpaired) electrons. The van der Waals surface area contributed by atoms with Crippen LogP contribution < -0.4 is 4.74 Å². The lowest BCUT2D eigenvalue weighted by atomic mass is 9.82. The first-order valence-corrected chi connectivity index (χ1v) is 8.45. The van der Waals surface area contributed by atoms with Crippen LogP contribution in [-0.4, -0.2) is 27.0 Å². The fraction of sp³-hybridized carbons (Fsp3) is 0.462. The van der Waals surface area contributed by atoms with E-state index < -0.39 is 15.3 Å². The second kappa shape index (κ2) is 5.14. The Bertz CT molecular complexity index is 636. The molecule has 0 N–H and O–H groups in total. The predicted molar refractivity (Wildman–Crippen MR) is 75.7 cm³/mol. The summed E-state index contributed by atoms with van der Waals surface area (Å²) in [6, 6.07) is 7.75. The normalized spacial score (nSPS) is 24.9. The van der Waals surface area contributed by atoms with Crippen molar-refractivity contribution in [3.63, 3.8) is 0 Å². The van der Waals surface area contributed by atoms with E-state index in [0.29, 0.717) is 18.6 Å². The molecule has 2 rings (SSSR count). The van der Waals surface area contributed by atoms with E-state index in [2.05, 4.69) is 22.0 Å².